The summed E-state index contributed by atoms with van der Waals surface area (Å²) in [5.74, 6) is 0.167. The van der Waals surface area contributed by atoms with E-state index in [9.17, 15) is 8.42 Å². The molecule has 1 fully saturated rings. The lowest BCUT2D eigenvalue weighted by Crippen LogP contribution is -2.48. The molecular weight excluding hydrogens is 230 g/mol. The van der Waals surface area contributed by atoms with Crippen LogP contribution in [0.1, 0.15) is 6.92 Å². The minimum atomic E-state index is -3.34. The fourth-order valence-electron chi connectivity index (χ4n) is 1.58. The molecule has 1 rings (SSSR count). The number of nitrogens with zero attached hydrogens (tertiary/aromatic N) is 2. The zero-order chi connectivity index (χ0) is 12.2. The summed E-state index contributed by atoms with van der Waals surface area (Å²) in [6, 6.07) is 0. The molecule has 1 unspecified atom stereocenters. The number of morpholine rings is 1. The van der Waals surface area contributed by atoms with Crippen molar-refractivity contribution in [2.45, 2.75) is 6.92 Å². The molecule has 0 spiro atoms. The van der Waals surface area contributed by atoms with Crippen molar-refractivity contribution < 1.29 is 13.2 Å². The van der Waals surface area contributed by atoms with Crippen LogP contribution in [0.4, 0.5) is 0 Å². The second kappa shape index (κ2) is 5.92. The summed E-state index contributed by atoms with van der Waals surface area (Å²) in [6.07, 6.45) is 0. The number of hydrogen-bond acceptors (Lipinski definition) is 4. The van der Waals surface area contributed by atoms with E-state index in [1.807, 2.05) is 6.92 Å². The molecular formula is C9H21N3O3S. The summed E-state index contributed by atoms with van der Waals surface area (Å²) in [5, 5.41) is 0. The zero-order valence-corrected chi connectivity index (χ0v) is 10.7. The van der Waals surface area contributed by atoms with Gasteiger partial charge in [0.15, 0.2) is 0 Å². The molecule has 0 radical (unpaired) electrons. The predicted octanol–water partition coefficient (Wildman–Crippen LogP) is -0.910. The lowest BCUT2D eigenvalue weighted by Gasteiger charge is -2.31. The fourth-order valence-corrected chi connectivity index (χ4v) is 3.03. The molecule has 0 aliphatic carbocycles. The van der Waals surface area contributed by atoms with E-state index < -0.39 is 10.2 Å². The lowest BCUT2D eigenvalue weighted by atomic mass is 10.2. The highest BCUT2D eigenvalue weighted by atomic mass is 32.2. The second-order valence-corrected chi connectivity index (χ2v) is 6.18. The third-order valence-corrected chi connectivity index (χ3v) is 4.62. The highest BCUT2D eigenvalue weighted by Gasteiger charge is 2.28. The van der Waals surface area contributed by atoms with E-state index in [-0.39, 0.29) is 5.92 Å². The minimum Gasteiger partial charge on any atom is -0.379 e. The molecule has 0 amide bonds. The second-order valence-electron chi connectivity index (χ2n) is 4.14. The first-order valence-corrected chi connectivity index (χ1v) is 6.87. The monoisotopic (exact) mass is 251 g/mol. The normalized spacial score (nSPS) is 21.2. The van der Waals surface area contributed by atoms with E-state index in [0.29, 0.717) is 39.4 Å². The molecule has 1 heterocycles. The highest BCUT2D eigenvalue weighted by molar-refractivity contribution is 7.86. The maximum atomic E-state index is 12.1. The van der Waals surface area contributed by atoms with Crippen LogP contribution in [0.5, 0.6) is 0 Å². The van der Waals surface area contributed by atoms with Gasteiger partial charge in [-0.05, 0) is 12.5 Å². The SMILES string of the molecule is CC(CN)CN(C)S(=O)(=O)N1CCOCC1. The van der Waals surface area contributed by atoms with Gasteiger partial charge in [0.25, 0.3) is 10.2 Å². The van der Waals surface area contributed by atoms with Crippen molar-refractivity contribution >= 4 is 10.2 Å². The standard InChI is InChI=1S/C9H21N3O3S/c1-9(7-10)8-11(2)16(13,14)12-3-5-15-6-4-12/h9H,3-8,10H2,1-2H3. The van der Waals surface area contributed by atoms with Crippen molar-refractivity contribution in [3.05, 3.63) is 0 Å². The van der Waals surface area contributed by atoms with Gasteiger partial charge in [0, 0.05) is 26.7 Å². The number of rotatable bonds is 5. The van der Waals surface area contributed by atoms with Crippen molar-refractivity contribution in [1.29, 1.82) is 0 Å². The topological polar surface area (TPSA) is 75.9 Å². The van der Waals surface area contributed by atoms with Crippen LogP contribution >= 0.6 is 0 Å². The van der Waals surface area contributed by atoms with Crippen LogP contribution in [0, 0.1) is 5.92 Å². The Hall–Kier alpha value is -0.210. The number of hydrogen-bond donors (Lipinski definition) is 1. The quantitative estimate of drug-likeness (QED) is 0.686. The fraction of sp³-hybridized carbons (Fsp3) is 1.00. The van der Waals surface area contributed by atoms with Crippen LogP contribution < -0.4 is 5.73 Å². The molecule has 1 atom stereocenters. The molecule has 0 aromatic carbocycles. The Labute approximate surface area is 97.5 Å². The van der Waals surface area contributed by atoms with Crippen LogP contribution in [0.3, 0.4) is 0 Å². The van der Waals surface area contributed by atoms with E-state index in [1.165, 1.54) is 8.61 Å². The number of ether oxygens (including phenoxy) is 1. The molecule has 16 heavy (non-hydrogen) atoms. The third-order valence-electron chi connectivity index (χ3n) is 2.66. The van der Waals surface area contributed by atoms with Gasteiger partial charge in [0.05, 0.1) is 13.2 Å². The van der Waals surface area contributed by atoms with Gasteiger partial charge in [0.2, 0.25) is 0 Å². The molecule has 2 N–H and O–H groups in total. The van der Waals surface area contributed by atoms with Crippen molar-refractivity contribution in [3.63, 3.8) is 0 Å². The van der Waals surface area contributed by atoms with Crippen LogP contribution in [0.15, 0.2) is 0 Å². The van der Waals surface area contributed by atoms with Crippen molar-refractivity contribution in [2.75, 3.05) is 46.4 Å². The molecule has 1 aliphatic rings. The van der Waals surface area contributed by atoms with Crippen molar-refractivity contribution in [2.24, 2.45) is 11.7 Å². The van der Waals surface area contributed by atoms with Crippen molar-refractivity contribution in [1.82, 2.24) is 8.61 Å². The molecule has 1 aliphatic heterocycles. The smallest absolute Gasteiger partial charge is 0.281 e. The average Bonchev–Trinajstić information content (AvgIpc) is 2.29. The van der Waals surface area contributed by atoms with Crippen molar-refractivity contribution in [3.8, 4) is 0 Å². The molecule has 96 valence electrons. The van der Waals surface area contributed by atoms with Gasteiger partial charge in [-0.25, -0.2) is 0 Å². The predicted molar refractivity (Wildman–Crippen MR) is 62.2 cm³/mol. The van der Waals surface area contributed by atoms with E-state index in [1.54, 1.807) is 7.05 Å². The van der Waals surface area contributed by atoms with Gasteiger partial charge in [-0.15, -0.1) is 0 Å². The molecule has 7 heteroatoms. The molecule has 0 saturated carbocycles. The van der Waals surface area contributed by atoms with Gasteiger partial charge in [-0.1, -0.05) is 6.92 Å². The summed E-state index contributed by atoms with van der Waals surface area (Å²) in [4.78, 5) is 0. The van der Waals surface area contributed by atoms with Gasteiger partial charge >= 0.3 is 0 Å². The summed E-state index contributed by atoms with van der Waals surface area (Å²) in [5.41, 5.74) is 5.49. The number of nitrogens with two attached hydrogens (primary N) is 1. The van der Waals surface area contributed by atoms with Gasteiger partial charge in [-0.3, -0.25) is 0 Å². The summed E-state index contributed by atoms with van der Waals surface area (Å²) < 4.78 is 32.1. The van der Waals surface area contributed by atoms with Gasteiger partial charge in [0.1, 0.15) is 0 Å². The highest BCUT2D eigenvalue weighted by Crippen LogP contribution is 2.10. The van der Waals surface area contributed by atoms with E-state index >= 15 is 0 Å². The van der Waals surface area contributed by atoms with Crippen LogP contribution in [-0.4, -0.2) is 63.5 Å². The maximum absolute atomic E-state index is 12.1. The first kappa shape index (κ1) is 13.9. The maximum Gasteiger partial charge on any atom is 0.281 e. The molecule has 0 aromatic heterocycles. The Morgan fingerprint density at radius 1 is 1.44 bits per heavy atom. The van der Waals surface area contributed by atoms with Crippen LogP contribution in [0.2, 0.25) is 0 Å². The first-order valence-electron chi connectivity index (χ1n) is 5.47. The minimum absolute atomic E-state index is 0.167. The zero-order valence-electron chi connectivity index (χ0n) is 9.92. The van der Waals surface area contributed by atoms with Gasteiger partial charge < -0.3 is 10.5 Å². The first-order chi connectivity index (χ1) is 7.48. The third kappa shape index (κ3) is 3.39. The Morgan fingerprint density at radius 2 is 2.00 bits per heavy atom. The summed E-state index contributed by atoms with van der Waals surface area (Å²) in [7, 11) is -1.74. The van der Waals surface area contributed by atoms with Crippen LogP contribution in [0.25, 0.3) is 0 Å². The molecule has 0 bridgehead atoms. The molecule has 1 saturated heterocycles. The summed E-state index contributed by atoms with van der Waals surface area (Å²) in [6.45, 7) is 4.69. The summed E-state index contributed by atoms with van der Waals surface area (Å²) >= 11 is 0. The Morgan fingerprint density at radius 3 is 2.50 bits per heavy atom. The largest absolute Gasteiger partial charge is 0.379 e. The average molecular weight is 251 g/mol. The Bertz CT molecular complexity index is 301. The Kier molecular flexibility index (Phi) is 5.13. The van der Waals surface area contributed by atoms with E-state index in [2.05, 4.69) is 0 Å². The molecule has 6 nitrogen and oxygen atoms in total. The van der Waals surface area contributed by atoms with Crippen LogP contribution in [-0.2, 0) is 14.9 Å². The van der Waals surface area contributed by atoms with Gasteiger partial charge in [-0.2, -0.15) is 17.0 Å². The van der Waals surface area contributed by atoms with E-state index in [4.69, 9.17) is 10.5 Å². The molecule has 0 aromatic rings. The van der Waals surface area contributed by atoms with E-state index in [0.717, 1.165) is 0 Å². The Balaban J connectivity index is 2.61. The lowest BCUT2D eigenvalue weighted by molar-refractivity contribution is 0.0704.